The molecule has 0 aliphatic heterocycles. The van der Waals surface area contributed by atoms with Crippen molar-refractivity contribution in [1.82, 2.24) is 4.98 Å². The molecule has 0 aliphatic carbocycles. The zero-order valence-corrected chi connectivity index (χ0v) is 11.6. The van der Waals surface area contributed by atoms with E-state index in [0.29, 0.717) is 6.42 Å². The maximum atomic E-state index is 12.4. The Morgan fingerprint density at radius 2 is 1.90 bits per heavy atom. The quantitative estimate of drug-likeness (QED) is 0.930. The fraction of sp³-hybridized carbons (Fsp3) is 0.357. The molecule has 0 saturated heterocycles. The van der Waals surface area contributed by atoms with Gasteiger partial charge in [0.25, 0.3) is 0 Å². The van der Waals surface area contributed by atoms with Gasteiger partial charge in [-0.3, -0.25) is 0 Å². The summed E-state index contributed by atoms with van der Waals surface area (Å²) >= 11 is 1.45. The normalized spacial score (nSPS) is 13.4. The van der Waals surface area contributed by atoms with E-state index in [1.807, 2.05) is 12.3 Å². The molecule has 1 aromatic carbocycles. The fourth-order valence-corrected chi connectivity index (χ4v) is 2.66. The van der Waals surface area contributed by atoms with Crippen LogP contribution in [-0.4, -0.2) is 16.7 Å². The molecule has 20 heavy (non-hydrogen) atoms. The van der Waals surface area contributed by atoms with E-state index in [4.69, 9.17) is 5.11 Å². The molecule has 0 amide bonds. The number of benzene rings is 1. The van der Waals surface area contributed by atoms with Gasteiger partial charge in [0.1, 0.15) is 0 Å². The van der Waals surface area contributed by atoms with Crippen molar-refractivity contribution < 1.29 is 18.3 Å². The number of hydrogen-bond donors (Lipinski definition) is 1. The zero-order chi connectivity index (χ0) is 14.8. The number of alkyl halides is 3. The number of rotatable bonds is 4. The maximum Gasteiger partial charge on any atom is 0.416 e. The fourth-order valence-electron chi connectivity index (χ4n) is 1.71. The highest BCUT2D eigenvalue weighted by Crippen LogP contribution is 2.29. The number of halogens is 3. The molecule has 1 aromatic heterocycles. The Morgan fingerprint density at radius 1 is 1.25 bits per heavy atom. The van der Waals surface area contributed by atoms with Crippen molar-refractivity contribution in [2.75, 3.05) is 6.61 Å². The van der Waals surface area contributed by atoms with Gasteiger partial charge in [-0.25, -0.2) is 4.98 Å². The molecule has 0 spiro atoms. The minimum atomic E-state index is -4.30. The third-order valence-electron chi connectivity index (χ3n) is 2.98. The SMILES string of the molecule is CC(CO)c1csc(Cc2ccc(C(F)(F)F)cc2)n1. The van der Waals surface area contributed by atoms with Gasteiger partial charge in [0.15, 0.2) is 0 Å². The minimum Gasteiger partial charge on any atom is -0.396 e. The van der Waals surface area contributed by atoms with Crippen molar-refractivity contribution in [2.45, 2.75) is 25.4 Å². The Balaban J connectivity index is 2.08. The first-order valence-electron chi connectivity index (χ1n) is 6.11. The molecule has 2 rings (SSSR count). The van der Waals surface area contributed by atoms with Crippen LogP contribution in [0.3, 0.4) is 0 Å². The number of aromatic nitrogens is 1. The summed E-state index contributed by atoms with van der Waals surface area (Å²) in [7, 11) is 0. The Kier molecular flexibility index (Phi) is 4.45. The highest BCUT2D eigenvalue weighted by molar-refractivity contribution is 7.09. The lowest BCUT2D eigenvalue weighted by atomic mass is 10.1. The lowest BCUT2D eigenvalue weighted by molar-refractivity contribution is -0.137. The van der Waals surface area contributed by atoms with Gasteiger partial charge in [-0.15, -0.1) is 11.3 Å². The van der Waals surface area contributed by atoms with E-state index in [1.165, 1.54) is 23.5 Å². The molecule has 108 valence electrons. The molecule has 0 bridgehead atoms. The number of nitrogens with zero attached hydrogens (tertiary/aromatic N) is 1. The first-order chi connectivity index (χ1) is 9.40. The predicted octanol–water partition coefficient (Wildman–Crippen LogP) is 3.85. The minimum absolute atomic E-state index is 0.0207. The van der Waals surface area contributed by atoms with Gasteiger partial charge in [-0.1, -0.05) is 19.1 Å². The zero-order valence-electron chi connectivity index (χ0n) is 10.8. The third kappa shape index (κ3) is 3.58. The van der Waals surface area contributed by atoms with E-state index in [-0.39, 0.29) is 12.5 Å². The van der Waals surface area contributed by atoms with Gasteiger partial charge < -0.3 is 5.11 Å². The first-order valence-corrected chi connectivity index (χ1v) is 6.99. The Hall–Kier alpha value is -1.40. The summed E-state index contributed by atoms with van der Waals surface area (Å²) in [6.07, 6.45) is -3.80. The van der Waals surface area contributed by atoms with Crippen LogP contribution in [0.5, 0.6) is 0 Å². The lowest BCUT2D eigenvalue weighted by Crippen LogP contribution is -2.04. The van der Waals surface area contributed by atoms with Gasteiger partial charge in [0.05, 0.1) is 22.9 Å². The molecular formula is C14H14F3NOS. The van der Waals surface area contributed by atoms with E-state index < -0.39 is 11.7 Å². The van der Waals surface area contributed by atoms with E-state index in [0.717, 1.165) is 28.4 Å². The second-order valence-corrected chi connectivity index (χ2v) is 5.56. The third-order valence-corrected chi connectivity index (χ3v) is 3.85. The molecule has 1 heterocycles. The van der Waals surface area contributed by atoms with Crippen molar-refractivity contribution >= 4 is 11.3 Å². The average molecular weight is 301 g/mol. The Morgan fingerprint density at radius 3 is 2.45 bits per heavy atom. The predicted molar refractivity (Wildman–Crippen MR) is 71.9 cm³/mol. The van der Waals surface area contributed by atoms with Gasteiger partial charge in [0.2, 0.25) is 0 Å². The van der Waals surface area contributed by atoms with E-state index in [1.54, 1.807) is 0 Å². The molecule has 2 aromatic rings. The molecule has 0 aliphatic rings. The highest BCUT2D eigenvalue weighted by Gasteiger charge is 2.29. The van der Waals surface area contributed by atoms with E-state index >= 15 is 0 Å². The van der Waals surface area contributed by atoms with Gasteiger partial charge >= 0.3 is 6.18 Å². The van der Waals surface area contributed by atoms with Crippen molar-refractivity contribution in [3.05, 3.63) is 51.5 Å². The second-order valence-electron chi connectivity index (χ2n) is 4.62. The summed E-state index contributed by atoms with van der Waals surface area (Å²) < 4.78 is 37.3. The summed E-state index contributed by atoms with van der Waals surface area (Å²) in [4.78, 5) is 4.38. The Labute approximate surface area is 118 Å². The van der Waals surface area contributed by atoms with Crippen molar-refractivity contribution in [2.24, 2.45) is 0 Å². The highest BCUT2D eigenvalue weighted by atomic mass is 32.1. The molecule has 0 saturated carbocycles. The van der Waals surface area contributed by atoms with Crippen LogP contribution in [0.15, 0.2) is 29.6 Å². The van der Waals surface area contributed by atoms with Gasteiger partial charge in [-0.2, -0.15) is 13.2 Å². The molecule has 1 atom stereocenters. The molecule has 0 radical (unpaired) electrons. The van der Waals surface area contributed by atoms with Crippen LogP contribution in [0.4, 0.5) is 13.2 Å². The standard InChI is InChI=1S/C14H14F3NOS/c1-9(7-19)12-8-20-13(18-12)6-10-2-4-11(5-3-10)14(15,16)17/h2-5,8-9,19H,6-7H2,1H3. The van der Waals surface area contributed by atoms with Crippen LogP contribution < -0.4 is 0 Å². The number of aliphatic hydroxyl groups is 1. The van der Waals surface area contributed by atoms with Crippen molar-refractivity contribution in [3.63, 3.8) is 0 Å². The smallest absolute Gasteiger partial charge is 0.396 e. The van der Waals surface area contributed by atoms with Crippen molar-refractivity contribution in [1.29, 1.82) is 0 Å². The van der Waals surface area contributed by atoms with Crippen LogP contribution >= 0.6 is 11.3 Å². The lowest BCUT2D eigenvalue weighted by Gasteiger charge is -2.07. The number of thiazole rings is 1. The largest absolute Gasteiger partial charge is 0.416 e. The molecule has 6 heteroatoms. The molecule has 1 N–H and O–H groups in total. The van der Waals surface area contributed by atoms with Gasteiger partial charge in [-0.05, 0) is 17.7 Å². The second kappa shape index (κ2) is 5.93. The number of aliphatic hydroxyl groups excluding tert-OH is 1. The van der Waals surface area contributed by atoms with Crippen LogP contribution in [0.25, 0.3) is 0 Å². The average Bonchev–Trinajstić information content (AvgIpc) is 2.86. The van der Waals surface area contributed by atoms with Gasteiger partial charge in [0, 0.05) is 17.7 Å². The summed E-state index contributed by atoms with van der Waals surface area (Å²) in [5.74, 6) is -0.0207. The summed E-state index contributed by atoms with van der Waals surface area (Å²) in [5.41, 5.74) is 0.963. The van der Waals surface area contributed by atoms with Crippen molar-refractivity contribution in [3.8, 4) is 0 Å². The topological polar surface area (TPSA) is 33.1 Å². The van der Waals surface area contributed by atoms with Crippen LogP contribution in [0.2, 0.25) is 0 Å². The van der Waals surface area contributed by atoms with Crippen LogP contribution in [-0.2, 0) is 12.6 Å². The Bertz CT molecular complexity index is 563. The number of hydrogen-bond acceptors (Lipinski definition) is 3. The molecule has 0 fully saturated rings. The maximum absolute atomic E-state index is 12.4. The van der Waals surface area contributed by atoms with Crippen LogP contribution in [0, 0.1) is 0 Å². The molecule has 2 nitrogen and oxygen atoms in total. The summed E-state index contributed by atoms with van der Waals surface area (Å²) in [5, 5.41) is 11.8. The molecule has 1 unspecified atom stereocenters. The molecular weight excluding hydrogens is 287 g/mol. The first kappa shape index (κ1) is 15.0. The van der Waals surface area contributed by atoms with E-state index in [2.05, 4.69) is 4.98 Å². The van der Waals surface area contributed by atoms with Crippen LogP contribution in [0.1, 0.15) is 34.7 Å². The monoisotopic (exact) mass is 301 g/mol. The van der Waals surface area contributed by atoms with E-state index in [9.17, 15) is 13.2 Å². The summed E-state index contributed by atoms with van der Waals surface area (Å²) in [6.45, 7) is 1.90. The summed E-state index contributed by atoms with van der Waals surface area (Å²) in [6, 6.07) is 5.11.